The summed E-state index contributed by atoms with van der Waals surface area (Å²) in [6.45, 7) is 1.30. The number of unbranched alkanes of at least 4 members (excludes halogenated alkanes) is 1. The summed E-state index contributed by atoms with van der Waals surface area (Å²) in [6, 6.07) is 8.79. The molecule has 20 heavy (non-hydrogen) atoms. The Balaban J connectivity index is 1.68. The first-order valence-electron chi connectivity index (χ1n) is 6.36. The molecule has 6 heteroatoms. The number of rotatable bonds is 6. The van der Waals surface area contributed by atoms with Crippen LogP contribution in [0.3, 0.4) is 0 Å². The molecule has 106 valence electrons. The van der Waals surface area contributed by atoms with E-state index in [4.69, 9.17) is 0 Å². The number of pyridine rings is 1. The lowest BCUT2D eigenvalue weighted by molar-refractivity contribution is 0.0957. The van der Waals surface area contributed by atoms with Crippen molar-refractivity contribution in [3.63, 3.8) is 0 Å². The highest BCUT2D eigenvalue weighted by molar-refractivity contribution is 9.11. The largest absolute Gasteiger partial charge is 0.351 e. The summed E-state index contributed by atoms with van der Waals surface area (Å²) in [6.07, 6.45) is 3.49. The van der Waals surface area contributed by atoms with Crippen molar-refractivity contribution in [3.05, 3.63) is 55.5 Å². The van der Waals surface area contributed by atoms with Crippen LogP contribution >= 0.6 is 27.3 Å². The van der Waals surface area contributed by atoms with Gasteiger partial charge in [0.1, 0.15) is 0 Å². The quantitative estimate of drug-likeness (QED) is 0.810. The van der Waals surface area contributed by atoms with Gasteiger partial charge >= 0.3 is 0 Å². The molecule has 4 nitrogen and oxygen atoms in total. The third-order valence-electron chi connectivity index (χ3n) is 2.81. The number of nitrogens with one attached hydrogen (secondary N) is 1. The number of thiophene rings is 1. The zero-order chi connectivity index (χ0) is 14.4. The molecule has 2 aromatic heterocycles. The predicted octanol–water partition coefficient (Wildman–Crippen LogP) is 2.88. The van der Waals surface area contributed by atoms with Gasteiger partial charge in [0.25, 0.3) is 5.91 Å². The Morgan fingerprint density at radius 3 is 2.80 bits per heavy atom. The number of aryl methyl sites for hydroxylation is 1. The summed E-state index contributed by atoms with van der Waals surface area (Å²) < 4.78 is 2.63. The van der Waals surface area contributed by atoms with Gasteiger partial charge in [-0.15, -0.1) is 11.3 Å². The van der Waals surface area contributed by atoms with Crippen LogP contribution in [-0.2, 0) is 6.54 Å². The van der Waals surface area contributed by atoms with Gasteiger partial charge in [0.15, 0.2) is 0 Å². The van der Waals surface area contributed by atoms with Crippen LogP contribution < -0.4 is 10.9 Å². The van der Waals surface area contributed by atoms with Gasteiger partial charge in [-0.05, 0) is 47.0 Å². The number of carbonyl (C=O) groups excluding carboxylic acids is 1. The minimum absolute atomic E-state index is 0.0139. The zero-order valence-electron chi connectivity index (χ0n) is 10.8. The number of hydrogen-bond acceptors (Lipinski definition) is 3. The third-order valence-corrected chi connectivity index (χ3v) is 4.43. The van der Waals surface area contributed by atoms with Crippen LogP contribution in [0.25, 0.3) is 0 Å². The van der Waals surface area contributed by atoms with E-state index in [2.05, 4.69) is 21.2 Å². The summed E-state index contributed by atoms with van der Waals surface area (Å²) in [5.41, 5.74) is 0.0139. The zero-order valence-corrected chi connectivity index (χ0v) is 13.2. The maximum absolute atomic E-state index is 11.8. The summed E-state index contributed by atoms with van der Waals surface area (Å²) >= 11 is 4.75. The minimum atomic E-state index is -0.0439. The van der Waals surface area contributed by atoms with E-state index in [1.165, 1.54) is 11.3 Å². The Morgan fingerprint density at radius 1 is 1.25 bits per heavy atom. The molecule has 0 aliphatic heterocycles. The van der Waals surface area contributed by atoms with Crippen molar-refractivity contribution < 1.29 is 4.79 Å². The van der Waals surface area contributed by atoms with E-state index in [0.717, 1.165) is 16.6 Å². The van der Waals surface area contributed by atoms with Crippen LogP contribution in [0.4, 0.5) is 0 Å². The minimum Gasteiger partial charge on any atom is -0.351 e. The van der Waals surface area contributed by atoms with Gasteiger partial charge in [-0.1, -0.05) is 6.07 Å². The molecule has 2 rings (SSSR count). The number of hydrogen-bond donors (Lipinski definition) is 1. The van der Waals surface area contributed by atoms with Crippen LogP contribution in [0, 0.1) is 0 Å². The van der Waals surface area contributed by atoms with Crippen molar-refractivity contribution in [2.24, 2.45) is 0 Å². The monoisotopic (exact) mass is 354 g/mol. The molecule has 0 fully saturated rings. The Hall–Kier alpha value is -1.40. The molecule has 1 N–H and O–H groups in total. The van der Waals surface area contributed by atoms with Crippen LogP contribution in [-0.4, -0.2) is 17.0 Å². The van der Waals surface area contributed by atoms with Crippen molar-refractivity contribution in [1.82, 2.24) is 9.88 Å². The number of amides is 1. The molecule has 0 spiro atoms. The second-order valence-corrected chi connectivity index (χ2v) is 6.76. The lowest BCUT2D eigenvalue weighted by atomic mass is 10.3. The fraction of sp³-hybridized carbons (Fsp3) is 0.286. The van der Waals surface area contributed by atoms with Gasteiger partial charge in [-0.25, -0.2) is 0 Å². The summed E-state index contributed by atoms with van der Waals surface area (Å²) in [5.74, 6) is -0.0439. The summed E-state index contributed by atoms with van der Waals surface area (Å²) in [5, 5.41) is 2.88. The number of nitrogens with zero attached hydrogens (tertiary/aromatic N) is 1. The standard InChI is InChI=1S/C14H15BrN2O2S/c15-12-7-6-11(20-12)14(19)16-8-2-4-10-17-9-3-1-5-13(17)18/h1,3,5-7,9H,2,4,8,10H2,(H,16,19). The molecule has 0 atom stereocenters. The van der Waals surface area contributed by atoms with Gasteiger partial charge in [-0.2, -0.15) is 0 Å². The lowest BCUT2D eigenvalue weighted by Gasteiger charge is -2.05. The van der Waals surface area contributed by atoms with E-state index in [0.29, 0.717) is 18.0 Å². The van der Waals surface area contributed by atoms with Gasteiger partial charge in [0, 0.05) is 25.4 Å². The van der Waals surface area contributed by atoms with Crippen LogP contribution in [0.2, 0.25) is 0 Å². The highest BCUT2D eigenvalue weighted by Gasteiger charge is 2.07. The summed E-state index contributed by atoms with van der Waals surface area (Å²) in [7, 11) is 0. The third kappa shape index (κ3) is 4.31. The van der Waals surface area contributed by atoms with Crippen LogP contribution in [0.15, 0.2) is 45.1 Å². The second-order valence-electron chi connectivity index (χ2n) is 4.30. The van der Waals surface area contributed by atoms with Crippen molar-refractivity contribution in [3.8, 4) is 0 Å². The molecule has 2 aromatic rings. The number of aromatic nitrogens is 1. The molecule has 0 aromatic carbocycles. The number of halogens is 1. The van der Waals surface area contributed by atoms with Crippen molar-refractivity contribution in [2.75, 3.05) is 6.54 Å². The topological polar surface area (TPSA) is 51.1 Å². The van der Waals surface area contributed by atoms with Crippen molar-refractivity contribution in [2.45, 2.75) is 19.4 Å². The molecule has 0 unspecified atom stereocenters. The fourth-order valence-corrected chi connectivity index (χ4v) is 3.08. The first kappa shape index (κ1) is 15.0. The maximum Gasteiger partial charge on any atom is 0.261 e. The molecule has 0 radical (unpaired) electrons. The van der Waals surface area contributed by atoms with Gasteiger partial charge < -0.3 is 9.88 Å². The lowest BCUT2D eigenvalue weighted by Crippen LogP contribution is -2.24. The predicted molar refractivity (Wildman–Crippen MR) is 84.3 cm³/mol. The Bertz CT molecular complexity index is 636. The number of carbonyl (C=O) groups is 1. The van der Waals surface area contributed by atoms with E-state index >= 15 is 0 Å². The highest BCUT2D eigenvalue weighted by atomic mass is 79.9. The normalized spacial score (nSPS) is 10.4. The molecule has 0 aliphatic carbocycles. The Kier molecular flexibility index (Phi) is 5.55. The molecule has 0 bridgehead atoms. The first-order valence-corrected chi connectivity index (χ1v) is 7.97. The highest BCUT2D eigenvalue weighted by Crippen LogP contribution is 2.21. The molecular weight excluding hydrogens is 340 g/mol. The maximum atomic E-state index is 11.8. The van der Waals surface area contributed by atoms with Crippen molar-refractivity contribution in [1.29, 1.82) is 0 Å². The molecular formula is C14H15BrN2O2S. The van der Waals surface area contributed by atoms with E-state index in [1.54, 1.807) is 29.0 Å². The molecule has 0 aliphatic rings. The fourth-order valence-electron chi connectivity index (χ4n) is 1.78. The van der Waals surface area contributed by atoms with E-state index in [9.17, 15) is 9.59 Å². The average molecular weight is 355 g/mol. The average Bonchev–Trinajstić information content (AvgIpc) is 2.87. The molecule has 0 saturated heterocycles. The molecule has 0 saturated carbocycles. The summed E-state index contributed by atoms with van der Waals surface area (Å²) in [4.78, 5) is 23.9. The van der Waals surface area contributed by atoms with E-state index < -0.39 is 0 Å². The van der Waals surface area contributed by atoms with Gasteiger partial charge in [-0.3, -0.25) is 9.59 Å². The SMILES string of the molecule is O=C(NCCCCn1ccccc1=O)c1ccc(Br)s1. The molecule has 2 heterocycles. The van der Waals surface area contributed by atoms with Gasteiger partial charge in [0.2, 0.25) is 5.56 Å². The van der Waals surface area contributed by atoms with Crippen molar-refractivity contribution >= 4 is 33.2 Å². The second kappa shape index (κ2) is 7.40. The smallest absolute Gasteiger partial charge is 0.261 e. The van der Waals surface area contributed by atoms with Crippen LogP contribution in [0.1, 0.15) is 22.5 Å². The molecule has 1 amide bonds. The Morgan fingerprint density at radius 2 is 2.10 bits per heavy atom. The Labute approximate surface area is 129 Å². The van der Waals surface area contributed by atoms with E-state index in [1.807, 2.05) is 12.1 Å². The van der Waals surface area contributed by atoms with Crippen LogP contribution in [0.5, 0.6) is 0 Å². The van der Waals surface area contributed by atoms with E-state index in [-0.39, 0.29) is 11.5 Å². The first-order chi connectivity index (χ1) is 9.66. The van der Waals surface area contributed by atoms with Gasteiger partial charge in [0.05, 0.1) is 8.66 Å².